The van der Waals surface area contributed by atoms with E-state index in [9.17, 15) is 19.2 Å². The van der Waals surface area contributed by atoms with Crippen molar-refractivity contribution in [2.24, 2.45) is 0 Å². The van der Waals surface area contributed by atoms with Gasteiger partial charge in [-0.15, -0.1) is 11.8 Å². The van der Waals surface area contributed by atoms with E-state index in [1.807, 2.05) is 0 Å². The molecule has 1 aromatic rings. The Morgan fingerprint density at radius 1 is 1.21 bits per heavy atom. The molecule has 1 saturated carbocycles. The molecule has 1 aliphatic rings. The van der Waals surface area contributed by atoms with E-state index in [1.54, 1.807) is 0 Å². The van der Waals surface area contributed by atoms with Crippen molar-refractivity contribution in [1.29, 1.82) is 0 Å². The van der Waals surface area contributed by atoms with Crippen molar-refractivity contribution in [1.82, 2.24) is 20.2 Å². The Bertz CT molecular complexity index is 679. The average Bonchev–Trinajstić information content (AvgIpc) is 3.02. The largest absolute Gasteiger partial charge is 0.354 e. The van der Waals surface area contributed by atoms with Crippen molar-refractivity contribution in [2.75, 3.05) is 18.1 Å². The van der Waals surface area contributed by atoms with Crippen LogP contribution in [0.15, 0.2) is 21.9 Å². The van der Waals surface area contributed by atoms with Crippen LogP contribution in [0.4, 0.5) is 0 Å². The van der Waals surface area contributed by atoms with Crippen LogP contribution in [0.3, 0.4) is 0 Å². The Labute approximate surface area is 143 Å². The fourth-order valence-electron chi connectivity index (χ4n) is 2.56. The molecule has 2 amide bonds. The van der Waals surface area contributed by atoms with Crippen LogP contribution >= 0.6 is 11.8 Å². The van der Waals surface area contributed by atoms with Gasteiger partial charge in [-0.25, -0.2) is 4.79 Å². The smallest absolute Gasteiger partial charge is 0.328 e. The van der Waals surface area contributed by atoms with Crippen LogP contribution in [0.1, 0.15) is 25.7 Å². The third-order valence-corrected chi connectivity index (χ3v) is 4.69. The molecule has 1 aliphatic carbocycles. The number of rotatable bonds is 8. The number of hydrogen-bond donors (Lipinski definition) is 3. The van der Waals surface area contributed by atoms with Crippen LogP contribution in [0.5, 0.6) is 0 Å². The number of aromatic amines is 1. The number of nitrogens with one attached hydrogen (secondary N) is 3. The number of carbonyl (C=O) groups excluding carboxylic acids is 2. The maximum absolute atomic E-state index is 11.7. The van der Waals surface area contributed by atoms with Crippen molar-refractivity contribution < 1.29 is 9.59 Å². The summed E-state index contributed by atoms with van der Waals surface area (Å²) in [5.41, 5.74) is -0.956. The molecule has 3 N–H and O–H groups in total. The van der Waals surface area contributed by atoms with E-state index in [0.717, 1.165) is 12.8 Å². The zero-order chi connectivity index (χ0) is 17.4. The highest BCUT2D eigenvalue weighted by Gasteiger charge is 2.17. The van der Waals surface area contributed by atoms with Crippen LogP contribution in [0.2, 0.25) is 0 Å². The molecule has 132 valence electrons. The molecule has 2 rings (SSSR count). The number of amides is 2. The summed E-state index contributed by atoms with van der Waals surface area (Å²) in [7, 11) is 0. The molecule has 0 unspecified atom stereocenters. The predicted molar refractivity (Wildman–Crippen MR) is 92.1 cm³/mol. The van der Waals surface area contributed by atoms with Crippen molar-refractivity contribution >= 4 is 23.6 Å². The molecule has 1 heterocycles. The minimum atomic E-state index is -0.505. The number of carbonyl (C=O) groups is 2. The zero-order valence-corrected chi connectivity index (χ0v) is 14.2. The lowest BCUT2D eigenvalue weighted by Gasteiger charge is -2.11. The molecular formula is C15H22N4O4S. The standard InChI is InChI=1S/C15H22N4O4S/c20-12-5-7-19(15(23)18-12)8-6-16-13(21)9-24-10-14(22)17-11-3-1-2-4-11/h5,7,11H,1-4,6,8-10H2,(H,16,21)(H,17,22)(H,18,20,23). The van der Waals surface area contributed by atoms with Gasteiger partial charge in [-0.1, -0.05) is 12.8 Å². The summed E-state index contributed by atoms with van der Waals surface area (Å²) in [4.78, 5) is 47.9. The van der Waals surface area contributed by atoms with Gasteiger partial charge in [0.2, 0.25) is 11.8 Å². The Morgan fingerprint density at radius 2 is 1.92 bits per heavy atom. The summed E-state index contributed by atoms with van der Waals surface area (Å²) in [5.74, 6) is 0.243. The van der Waals surface area contributed by atoms with Gasteiger partial charge in [-0.05, 0) is 12.8 Å². The van der Waals surface area contributed by atoms with E-state index in [2.05, 4.69) is 15.6 Å². The van der Waals surface area contributed by atoms with Gasteiger partial charge in [0.15, 0.2) is 0 Å². The lowest BCUT2D eigenvalue weighted by Crippen LogP contribution is -2.35. The lowest BCUT2D eigenvalue weighted by atomic mass is 10.2. The van der Waals surface area contributed by atoms with E-state index in [0.29, 0.717) is 6.04 Å². The zero-order valence-electron chi connectivity index (χ0n) is 13.4. The molecule has 0 aliphatic heterocycles. The van der Waals surface area contributed by atoms with E-state index in [1.165, 1.54) is 41.4 Å². The van der Waals surface area contributed by atoms with E-state index in [4.69, 9.17) is 0 Å². The summed E-state index contributed by atoms with van der Waals surface area (Å²) < 4.78 is 1.31. The molecular weight excluding hydrogens is 332 g/mol. The van der Waals surface area contributed by atoms with Crippen molar-refractivity contribution in [3.8, 4) is 0 Å². The van der Waals surface area contributed by atoms with Gasteiger partial charge in [-0.3, -0.25) is 23.9 Å². The maximum Gasteiger partial charge on any atom is 0.328 e. The molecule has 9 heteroatoms. The fraction of sp³-hybridized carbons (Fsp3) is 0.600. The third-order valence-electron chi connectivity index (χ3n) is 3.76. The van der Waals surface area contributed by atoms with E-state index < -0.39 is 11.2 Å². The first kappa shape index (κ1) is 18.3. The second-order valence-corrected chi connectivity index (χ2v) is 6.68. The van der Waals surface area contributed by atoms with Crippen molar-refractivity contribution in [3.05, 3.63) is 33.1 Å². The summed E-state index contributed by atoms with van der Waals surface area (Å²) >= 11 is 1.26. The lowest BCUT2D eigenvalue weighted by molar-refractivity contribution is -0.119. The minimum Gasteiger partial charge on any atom is -0.354 e. The van der Waals surface area contributed by atoms with Gasteiger partial charge in [0, 0.05) is 31.4 Å². The minimum absolute atomic E-state index is 0.0282. The number of hydrogen-bond acceptors (Lipinski definition) is 5. The highest BCUT2D eigenvalue weighted by molar-refractivity contribution is 8.00. The summed E-state index contributed by atoms with van der Waals surface area (Å²) in [6, 6.07) is 1.55. The molecule has 0 atom stereocenters. The van der Waals surface area contributed by atoms with Crippen molar-refractivity contribution in [3.63, 3.8) is 0 Å². The Morgan fingerprint density at radius 3 is 2.62 bits per heavy atom. The van der Waals surface area contributed by atoms with Crippen LogP contribution in [-0.4, -0.2) is 45.5 Å². The number of H-pyrrole nitrogens is 1. The molecule has 0 aromatic carbocycles. The molecule has 0 saturated heterocycles. The Hall–Kier alpha value is -2.03. The molecule has 24 heavy (non-hydrogen) atoms. The Balaban J connectivity index is 1.58. The Kier molecular flexibility index (Phi) is 7.10. The molecule has 1 aromatic heterocycles. The second-order valence-electron chi connectivity index (χ2n) is 5.70. The highest BCUT2D eigenvalue weighted by atomic mass is 32.2. The SMILES string of the molecule is O=C(CSCC(=O)NC1CCCC1)NCCn1ccc(=O)[nH]c1=O. The quantitative estimate of drug-likeness (QED) is 0.579. The normalized spacial score (nSPS) is 14.5. The second kappa shape index (κ2) is 9.31. The van der Waals surface area contributed by atoms with Gasteiger partial charge in [-0.2, -0.15) is 0 Å². The molecule has 0 bridgehead atoms. The number of nitrogens with zero attached hydrogens (tertiary/aromatic N) is 1. The summed E-state index contributed by atoms with van der Waals surface area (Å²) in [6.07, 6.45) is 5.80. The molecule has 8 nitrogen and oxygen atoms in total. The van der Waals surface area contributed by atoms with Gasteiger partial charge >= 0.3 is 5.69 Å². The fourth-order valence-corrected chi connectivity index (χ4v) is 3.22. The van der Waals surface area contributed by atoms with Crippen LogP contribution in [0.25, 0.3) is 0 Å². The molecule has 0 spiro atoms. The van der Waals surface area contributed by atoms with Crippen LogP contribution in [-0.2, 0) is 16.1 Å². The van der Waals surface area contributed by atoms with Crippen molar-refractivity contribution in [2.45, 2.75) is 38.3 Å². The van der Waals surface area contributed by atoms with Gasteiger partial charge in [0.25, 0.3) is 5.56 Å². The first-order chi connectivity index (χ1) is 11.5. The first-order valence-electron chi connectivity index (χ1n) is 7.98. The van der Waals surface area contributed by atoms with Crippen LogP contribution in [0, 0.1) is 0 Å². The molecule has 1 fully saturated rings. The predicted octanol–water partition coefficient (Wildman–Crippen LogP) is -0.555. The monoisotopic (exact) mass is 354 g/mol. The molecule has 0 radical (unpaired) electrons. The first-order valence-corrected chi connectivity index (χ1v) is 9.13. The highest BCUT2D eigenvalue weighted by Crippen LogP contribution is 2.17. The van der Waals surface area contributed by atoms with Gasteiger partial charge in [0.05, 0.1) is 11.5 Å². The van der Waals surface area contributed by atoms with Gasteiger partial charge < -0.3 is 10.6 Å². The number of aromatic nitrogens is 2. The van der Waals surface area contributed by atoms with E-state index in [-0.39, 0.29) is 36.4 Å². The topological polar surface area (TPSA) is 113 Å². The van der Waals surface area contributed by atoms with Gasteiger partial charge in [0.1, 0.15) is 0 Å². The van der Waals surface area contributed by atoms with Crippen LogP contribution < -0.4 is 21.9 Å². The van der Waals surface area contributed by atoms with E-state index >= 15 is 0 Å². The number of thioether (sulfide) groups is 1. The third kappa shape index (κ3) is 6.23. The summed E-state index contributed by atoms with van der Waals surface area (Å²) in [6.45, 7) is 0.549. The average molecular weight is 354 g/mol. The maximum atomic E-state index is 11.7. The summed E-state index contributed by atoms with van der Waals surface area (Å²) in [5, 5.41) is 5.65.